The summed E-state index contributed by atoms with van der Waals surface area (Å²) in [6.07, 6.45) is 0.940. The van der Waals surface area contributed by atoms with Crippen LogP contribution in [0.3, 0.4) is 0 Å². The van der Waals surface area contributed by atoms with Crippen LogP contribution in [0.25, 0.3) is 0 Å². The largest absolute Gasteiger partial charge is 0.491 e. The molecule has 0 fully saturated rings. The molecule has 0 atom stereocenters. The van der Waals surface area contributed by atoms with Gasteiger partial charge in [0, 0.05) is 6.54 Å². The molecule has 0 saturated carbocycles. The zero-order chi connectivity index (χ0) is 13.2. The van der Waals surface area contributed by atoms with Crippen LogP contribution in [0.5, 0.6) is 5.75 Å². The first kappa shape index (κ1) is 12.7. The van der Waals surface area contributed by atoms with Crippen molar-refractivity contribution >= 4 is 11.6 Å². The van der Waals surface area contributed by atoms with Gasteiger partial charge in [0.15, 0.2) is 5.96 Å². The molecule has 0 spiro atoms. The third-order valence-electron chi connectivity index (χ3n) is 2.67. The molecule has 4 heteroatoms. The monoisotopic (exact) mass is 247 g/mol. The Morgan fingerprint density at radius 2 is 2.06 bits per heavy atom. The van der Waals surface area contributed by atoms with Gasteiger partial charge in [0.2, 0.25) is 0 Å². The number of nitrogens with zero attached hydrogens (tertiary/aromatic N) is 2. The second-order valence-corrected chi connectivity index (χ2v) is 5.46. The van der Waals surface area contributed by atoms with E-state index >= 15 is 0 Å². The van der Waals surface area contributed by atoms with Gasteiger partial charge in [-0.1, -0.05) is 12.1 Å². The quantitative estimate of drug-likeness (QED) is 0.565. The Balaban J connectivity index is 2.36. The average molecular weight is 247 g/mol. The second kappa shape index (κ2) is 4.88. The van der Waals surface area contributed by atoms with Crippen molar-refractivity contribution in [3.63, 3.8) is 0 Å². The SMILES string of the molecule is CC(C)(C)N=C(N)N1CCCOc2ccccc21. The molecule has 1 aromatic rings. The van der Waals surface area contributed by atoms with Crippen molar-refractivity contribution < 1.29 is 4.74 Å². The predicted molar refractivity (Wildman–Crippen MR) is 75.3 cm³/mol. The van der Waals surface area contributed by atoms with Crippen LogP contribution in [0.2, 0.25) is 0 Å². The first-order valence-corrected chi connectivity index (χ1v) is 6.32. The number of fused-ring (bicyclic) bond motifs is 1. The number of guanidine groups is 1. The third kappa shape index (κ3) is 2.94. The molecule has 0 saturated heterocycles. The number of rotatable bonds is 0. The van der Waals surface area contributed by atoms with E-state index in [1.165, 1.54) is 0 Å². The Hall–Kier alpha value is -1.71. The van der Waals surface area contributed by atoms with Crippen LogP contribution in [0, 0.1) is 0 Å². The third-order valence-corrected chi connectivity index (χ3v) is 2.67. The van der Waals surface area contributed by atoms with E-state index in [1.807, 2.05) is 49.9 Å². The van der Waals surface area contributed by atoms with E-state index in [-0.39, 0.29) is 5.54 Å². The summed E-state index contributed by atoms with van der Waals surface area (Å²) in [5, 5.41) is 0. The van der Waals surface area contributed by atoms with E-state index in [4.69, 9.17) is 10.5 Å². The smallest absolute Gasteiger partial charge is 0.196 e. The van der Waals surface area contributed by atoms with Crippen molar-refractivity contribution in [3.8, 4) is 5.75 Å². The summed E-state index contributed by atoms with van der Waals surface area (Å²) < 4.78 is 5.71. The van der Waals surface area contributed by atoms with Crippen LogP contribution in [-0.4, -0.2) is 24.7 Å². The highest BCUT2D eigenvalue weighted by Crippen LogP contribution is 2.30. The lowest BCUT2D eigenvalue weighted by Crippen LogP contribution is -2.39. The Morgan fingerprint density at radius 3 is 2.78 bits per heavy atom. The highest BCUT2D eigenvalue weighted by atomic mass is 16.5. The maximum Gasteiger partial charge on any atom is 0.196 e. The van der Waals surface area contributed by atoms with E-state index in [1.54, 1.807) is 0 Å². The van der Waals surface area contributed by atoms with E-state index in [2.05, 4.69) is 4.99 Å². The fourth-order valence-electron chi connectivity index (χ4n) is 1.97. The van der Waals surface area contributed by atoms with Crippen molar-refractivity contribution in [2.75, 3.05) is 18.1 Å². The summed E-state index contributed by atoms with van der Waals surface area (Å²) in [5.41, 5.74) is 6.97. The molecule has 0 amide bonds. The molecule has 0 radical (unpaired) electrons. The fraction of sp³-hybridized carbons (Fsp3) is 0.500. The first-order valence-electron chi connectivity index (χ1n) is 6.32. The molecule has 0 aliphatic carbocycles. The molecule has 4 nitrogen and oxygen atoms in total. The molecular weight excluding hydrogens is 226 g/mol. The Bertz CT molecular complexity index is 449. The lowest BCUT2D eigenvalue weighted by molar-refractivity contribution is 0.322. The van der Waals surface area contributed by atoms with Gasteiger partial charge in [-0.05, 0) is 39.3 Å². The van der Waals surface area contributed by atoms with Gasteiger partial charge in [0.1, 0.15) is 5.75 Å². The van der Waals surface area contributed by atoms with Crippen molar-refractivity contribution in [1.82, 2.24) is 0 Å². The van der Waals surface area contributed by atoms with Gasteiger partial charge in [-0.3, -0.25) is 0 Å². The van der Waals surface area contributed by atoms with Crippen molar-refractivity contribution in [2.24, 2.45) is 10.7 Å². The second-order valence-electron chi connectivity index (χ2n) is 5.46. The molecule has 1 aliphatic rings. The summed E-state index contributed by atoms with van der Waals surface area (Å²) in [6.45, 7) is 7.68. The van der Waals surface area contributed by atoms with Crippen LogP contribution in [0.1, 0.15) is 27.2 Å². The van der Waals surface area contributed by atoms with E-state index in [0.29, 0.717) is 5.96 Å². The normalized spacial score (nSPS) is 16.8. The van der Waals surface area contributed by atoms with Crippen molar-refractivity contribution in [2.45, 2.75) is 32.7 Å². The Kier molecular flexibility index (Phi) is 3.45. The van der Waals surface area contributed by atoms with Gasteiger partial charge in [0.25, 0.3) is 0 Å². The minimum absolute atomic E-state index is 0.174. The Morgan fingerprint density at radius 1 is 1.33 bits per heavy atom. The van der Waals surface area contributed by atoms with Crippen molar-refractivity contribution in [1.29, 1.82) is 0 Å². The minimum atomic E-state index is -0.174. The maximum atomic E-state index is 6.14. The summed E-state index contributed by atoms with van der Waals surface area (Å²) in [5.74, 6) is 1.43. The van der Waals surface area contributed by atoms with Crippen molar-refractivity contribution in [3.05, 3.63) is 24.3 Å². The number of anilines is 1. The molecule has 2 N–H and O–H groups in total. The zero-order valence-electron chi connectivity index (χ0n) is 11.3. The maximum absolute atomic E-state index is 6.14. The molecule has 0 bridgehead atoms. The zero-order valence-corrected chi connectivity index (χ0v) is 11.3. The van der Waals surface area contributed by atoms with Gasteiger partial charge in [-0.2, -0.15) is 0 Å². The molecule has 0 aromatic heterocycles. The number of aliphatic imine (C=N–C) groups is 1. The van der Waals surface area contributed by atoms with Crippen LogP contribution >= 0.6 is 0 Å². The van der Waals surface area contributed by atoms with Gasteiger partial charge in [-0.25, -0.2) is 4.99 Å². The highest BCUT2D eigenvalue weighted by molar-refractivity contribution is 5.96. The lowest BCUT2D eigenvalue weighted by Gasteiger charge is -2.25. The summed E-state index contributed by atoms with van der Waals surface area (Å²) in [4.78, 5) is 6.57. The molecule has 2 rings (SSSR count). The fourth-order valence-corrected chi connectivity index (χ4v) is 1.97. The number of nitrogens with two attached hydrogens (primary N) is 1. The Labute approximate surface area is 108 Å². The number of para-hydroxylation sites is 2. The molecule has 1 aromatic carbocycles. The topological polar surface area (TPSA) is 50.8 Å². The van der Waals surface area contributed by atoms with Crippen LogP contribution < -0.4 is 15.4 Å². The van der Waals surface area contributed by atoms with E-state index in [0.717, 1.165) is 31.0 Å². The van der Waals surface area contributed by atoms with Crippen LogP contribution in [0.15, 0.2) is 29.3 Å². The van der Waals surface area contributed by atoms with Gasteiger partial charge in [0.05, 0.1) is 17.8 Å². The number of ether oxygens (including phenoxy) is 1. The summed E-state index contributed by atoms with van der Waals surface area (Å²) in [6, 6.07) is 7.95. The van der Waals surface area contributed by atoms with Crippen LogP contribution in [0.4, 0.5) is 5.69 Å². The first-order chi connectivity index (χ1) is 8.47. The molecule has 18 heavy (non-hydrogen) atoms. The average Bonchev–Trinajstić information content (AvgIpc) is 2.48. The molecule has 98 valence electrons. The van der Waals surface area contributed by atoms with E-state index in [9.17, 15) is 0 Å². The van der Waals surface area contributed by atoms with Gasteiger partial charge in [-0.15, -0.1) is 0 Å². The van der Waals surface area contributed by atoms with Crippen LogP contribution in [-0.2, 0) is 0 Å². The molecular formula is C14H21N3O. The molecule has 1 heterocycles. The number of hydrogen-bond acceptors (Lipinski definition) is 2. The standard InChI is InChI=1S/C14H21N3O/c1-14(2,3)16-13(15)17-9-6-10-18-12-8-5-4-7-11(12)17/h4-5,7-8H,6,9-10H2,1-3H3,(H2,15,16). The highest BCUT2D eigenvalue weighted by Gasteiger charge is 2.20. The van der Waals surface area contributed by atoms with Gasteiger partial charge >= 0.3 is 0 Å². The molecule has 1 aliphatic heterocycles. The summed E-state index contributed by atoms with van der Waals surface area (Å²) >= 11 is 0. The number of hydrogen-bond donors (Lipinski definition) is 1. The van der Waals surface area contributed by atoms with Gasteiger partial charge < -0.3 is 15.4 Å². The lowest BCUT2D eigenvalue weighted by atomic mass is 10.1. The minimum Gasteiger partial charge on any atom is -0.491 e. The summed E-state index contributed by atoms with van der Waals surface area (Å²) in [7, 11) is 0. The number of benzene rings is 1. The molecule has 0 unspecified atom stereocenters. The van der Waals surface area contributed by atoms with E-state index < -0.39 is 0 Å². The predicted octanol–water partition coefficient (Wildman–Crippen LogP) is 2.39.